The van der Waals surface area contributed by atoms with Crippen molar-refractivity contribution in [2.24, 2.45) is 0 Å². The van der Waals surface area contributed by atoms with E-state index in [1.165, 1.54) is 0 Å². The smallest absolute Gasteiger partial charge is 0.324 e. The molecule has 0 saturated heterocycles. The Morgan fingerprint density at radius 1 is 1.38 bits per heavy atom. The molecule has 3 nitrogen and oxygen atoms in total. The van der Waals surface area contributed by atoms with Gasteiger partial charge in [0.2, 0.25) is 0 Å². The molecule has 16 heavy (non-hydrogen) atoms. The molecule has 0 aliphatic carbocycles. The zero-order valence-electron chi connectivity index (χ0n) is 10.0. The van der Waals surface area contributed by atoms with Gasteiger partial charge >= 0.3 is 7.60 Å². The molecule has 1 unspecified atom stereocenters. The zero-order valence-corrected chi connectivity index (χ0v) is 10.9. The minimum Gasteiger partial charge on any atom is -0.324 e. The first-order valence-electron chi connectivity index (χ1n) is 5.50. The quantitative estimate of drug-likeness (QED) is 0.803. The maximum absolute atomic E-state index is 11.7. The summed E-state index contributed by atoms with van der Waals surface area (Å²) >= 11 is 0. The molecule has 0 aromatic heterocycles. The number of hydrogen-bond acceptors (Lipinski definition) is 2. The van der Waals surface area contributed by atoms with E-state index in [0.29, 0.717) is 5.92 Å². The van der Waals surface area contributed by atoms with Crippen LogP contribution in [0.4, 0.5) is 0 Å². The summed E-state index contributed by atoms with van der Waals surface area (Å²) in [7, 11) is -3.48. The molecule has 0 aliphatic rings. The van der Waals surface area contributed by atoms with Crippen molar-refractivity contribution < 1.29 is 14.0 Å². The predicted molar refractivity (Wildman–Crippen MR) is 65.7 cm³/mol. The van der Waals surface area contributed by atoms with Gasteiger partial charge in [-0.1, -0.05) is 38.1 Å². The van der Waals surface area contributed by atoms with Gasteiger partial charge in [-0.25, -0.2) is 0 Å². The molecule has 4 heteroatoms. The maximum Gasteiger partial charge on any atom is 0.332 e. The van der Waals surface area contributed by atoms with Gasteiger partial charge in [0.15, 0.2) is 0 Å². The highest BCUT2D eigenvalue weighted by atomic mass is 31.2. The minimum atomic E-state index is -3.48. The fraction of sp³-hybridized carbons (Fsp3) is 0.500. The van der Waals surface area contributed by atoms with Gasteiger partial charge in [0.1, 0.15) is 0 Å². The van der Waals surface area contributed by atoms with Gasteiger partial charge in [-0.05, 0) is 24.0 Å². The molecule has 1 aromatic carbocycles. The molecule has 1 rings (SSSR count). The van der Waals surface area contributed by atoms with E-state index < -0.39 is 7.60 Å². The van der Waals surface area contributed by atoms with Crippen molar-refractivity contribution in [1.82, 2.24) is 0 Å². The molecule has 0 aliphatic heterocycles. The third kappa shape index (κ3) is 3.75. The van der Waals surface area contributed by atoms with Crippen molar-refractivity contribution >= 4 is 7.60 Å². The molecule has 0 spiro atoms. The molecule has 0 bridgehead atoms. The Kier molecular flexibility index (Phi) is 4.72. The molecule has 0 amide bonds. The molecule has 0 radical (unpaired) electrons. The maximum atomic E-state index is 11.7. The van der Waals surface area contributed by atoms with Crippen LogP contribution < -0.4 is 0 Å². The monoisotopic (exact) mass is 242 g/mol. The second-order valence-electron chi connectivity index (χ2n) is 4.07. The number of benzene rings is 1. The zero-order chi connectivity index (χ0) is 12.2. The van der Waals surface area contributed by atoms with Crippen molar-refractivity contribution in [1.29, 1.82) is 0 Å². The highest BCUT2D eigenvalue weighted by molar-refractivity contribution is 7.51. The van der Waals surface area contributed by atoms with Crippen molar-refractivity contribution in [2.45, 2.75) is 32.9 Å². The van der Waals surface area contributed by atoms with E-state index in [0.717, 1.165) is 11.1 Å². The third-order valence-corrected chi connectivity index (χ3v) is 3.78. The van der Waals surface area contributed by atoms with Gasteiger partial charge in [0.25, 0.3) is 0 Å². The summed E-state index contributed by atoms with van der Waals surface area (Å²) in [6.07, 6.45) is 0.0925. The van der Waals surface area contributed by atoms with Gasteiger partial charge in [0.05, 0.1) is 12.8 Å². The van der Waals surface area contributed by atoms with Crippen molar-refractivity contribution in [3.05, 3.63) is 35.4 Å². The van der Waals surface area contributed by atoms with Crippen LogP contribution in [0.2, 0.25) is 0 Å². The fourth-order valence-corrected chi connectivity index (χ4v) is 2.92. The lowest BCUT2D eigenvalue weighted by molar-refractivity contribution is 0.272. The summed E-state index contributed by atoms with van der Waals surface area (Å²) in [5.41, 5.74) is 2.01. The summed E-state index contributed by atoms with van der Waals surface area (Å²) in [4.78, 5) is 9.61. The van der Waals surface area contributed by atoms with Crippen LogP contribution in [0.25, 0.3) is 0 Å². The summed E-state index contributed by atoms with van der Waals surface area (Å²) in [5, 5.41) is 0. The lowest BCUT2D eigenvalue weighted by Crippen LogP contribution is -1.99. The fourth-order valence-electron chi connectivity index (χ4n) is 1.70. The normalized spacial score (nSPS) is 15.1. The molecule has 0 heterocycles. The third-order valence-electron chi connectivity index (χ3n) is 2.38. The van der Waals surface area contributed by atoms with Crippen LogP contribution in [-0.2, 0) is 15.3 Å². The van der Waals surface area contributed by atoms with Gasteiger partial charge in [-0.3, -0.25) is 4.57 Å². The molecular formula is C12H19O3P. The minimum absolute atomic E-state index is 0.0925. The highest BCUT2D eigenvalue weighted by Crippen LogP contribution is 2.46. The Balaban J connectivity index is 2.92. The predicted octanol–water partition coefficient (Wildman–Crippen LogP) is 3.53. The molecular weight excluding hydrogens is 223 g/mol. The summed E-state index contributed by atoms with van der Waals surface area (Å²) in [6.45, 7) is 6.12. The van der Waals surface area contributed by atoms with E-state index in [2.05, 4.69) is 13.8 Å². The van der Waals surface area contributed by atoms with Gasteiger partial charge in [-0.2, -0.15) is 0 Å². The summed E-state index contributed by atoms with van der Waals surface area (Å²) in [5.74, 6) is 0.345. The lowest BCUT2D eigenvalue weighted by Gasteiger charge is -2.15. The Morgan fingerprint density at radius 3 is 2.56 bits per heavy atom. The average molecular weight is 242 g/mol. The highest BCUT2D eigenvalue weighted by Gasteiger charge is 2.21. The van der Waals surface area contributed by atoms with E-state index >= 15 is 0 Å². The van der Waals surface area contributed by atoms with Crippen LogP contribution in [0.3, 0.4) is 0 Å². The Bertz CT molecular complexity index is 388. The first kappa shape index (κ1) is 13.4. The van der Waals surface area contributed by atoms with E-state index in [9.17, 15) is 9.46 Å². The first-order chi connectivity index (χ1) is 7.46. The largest absolute Gasteiger partial charge is 0.332 e. The van der Waals surface area contributed by atoms with Gasteiger partial charge in [0, 0.05) is 0 Å². The molecule has 1 atom stereocenters. The molecule has 1 aromatic rings. The van der Waals surface area contributed by atoms with Gasteiger partial charge < -0.3 is 9.42 Å². The second-order valence-corrected chi connectivity index (χ2v) is 5.92. The second kappa shape index (κ2) is 5.62. The Labute approximate surface area is 97.0 Å². The van der Waals surface area contributed by atoms with Crippen LogP contribution >= 0.6 is 7.60 Å². The SMILES string of the molecule is CCOP(=O)(O)Cc1ccccc1C(C)C. The van der Waals surface area contributed by atoms with Crippen LogP contribution in [0.5, 0.6) is 0 Å². The number of hydrogen-bond donors (Lipinski definition) is 1. The van der Waals surface area contributed by atoms with Crippen LogP contribution in [0, 0.1) is 0 Å². The molecule has 90 valence electrons. The Hall–Kier alpha value is -0.630. The first-order valence-corrected chi connectivity index (χ1v) is 7.26. The standard InChI is InChI=1S/C12H19O3P/c1-4-15-16(13,14)9-11-7-5-6-8-12(11)10(2)3/h5-8,10H,4,9H2,1-3H3,(H,13,14). The molecule has 0 saturated carbocycles. The van der Waals surface area contributed by atoms with Crippen LogP contribution in [-0.4, -0.2) is 11.5 Å². The van der Waals surface area contributed by atoms with E-state index in [1.54, 1.807) is 6.92 Å². The summed E-state index contributed by atoms with van der Waals surface area (Å²) < 4.78 is 16.6. The lowest BCUT2D eigenvalue weighted by atomic mass is 9.98. The Morgan fingerprint density at radius 2 is 2.00 bits per heavy atom. The van der Waals surface area contributed by atoms with Crippen LogP contribution in [0.15, 0.2) is 24.3 Å². The topological polar surface area (TPSA) is 46.5 Å². The molecule has 0 fully saturated rings. The molecule has 1 N–H and O–H groups in total. The summed E-state index contributed by atoms with van der Waals surface area (Å²) in [6, 6.07) is 7.71. The average Bonchev–Trinajstić information content (AvgIpc) is 2.17. The van der Waals surface area contributed by atoms with E-state index in [4.69, 9.17) is 4.52 Å². The van der Waals surface area contributed by atoms with Crippen molar-refractivity contribution in [2.75, 3.05) is 6.61 Å². The van der Waals surface area contributed by atoms with Crippen LogP contribution in [0.1, 0.15) is 37.8 Å². The van der Waals surface area contributed by atoms with Crippen molar-refractivity contribution in [3.8, 4) is 0 Å². The van der Waals surface area contributed by atoms with Gasteiger partial charge in [-0.15, -0.1) is 0 Å². The van der Waals surface area contributed by atoms with Crippen molar-refractivity contribution in [3.63, 3.8) is 0 Å². The van der Waals surface area contributed by atoms with E-state index in [1.807, 2.05) is 24.3 Å². The number of rotatable bonds is 5. The van der Waals surface area contributed by atoms with E-state index in [-0.39, 0.29) is 12.8 Å².